The highest BCUT2D eigenvalue weighted by molar-refractivity contribution is 6.30. The minimum Gasteiger partial charge on any atom is -0.378 e. The van der Waals surface area contributed by atoms with E-state index in [1.165, 1.54) is 11.3 Å². The lowest BCUT2D eigenvalue weighted by Gasteiger charge is -2.38. The van der Waals surface area contributed by atoms with Gasteiger partial charge in [0.2, 0.25) is 0 Å². The first-order valence-electron chi connectivity index (χ1n) is 9.92. The van der Waals surface area contributed by atoms with Gasteiger partial charge in [-0.05, 0) is 49.0 Å². The second kappa shape index (κ2) is 9.96. The molecule has 2 aromatic rings. The number of likely N-dealkylation sites (N-methyl/N-ethyl adjacent to an activating group) is 1. The van der Waals surface area contributed by atoms with E-state index < -0.39 is 0 Å². The van der Waals surface area contributed by atoms with E-state index in [-0.39, 0.29) is 12.1 Å². The predicted molar refractivity (Wildman–Crippen MR) is 121 cm³/mol. The Morgan fingerprint density at radius 2 is 1.66 bits per heavy atom. The van der Waals surface area contributed by atoms with Gasteiger partial charge in [0.25, 0.3) is 0 Å². The Bertz CT molecular complexity index is 786. The Morgan fingerprint density at radius 3 is 2.24 bits per heavy atom. The SMILES string of the molecule is CN1CCN([C@H](CNC(=O)Nc2ccc(Cl)cc2)c2ccc(N(C)C)cc2)CC1. The first kappa shape index (κ1) is 21.4. The molecule has 0 spiro atoms. The van der Waals surface area contributed by atoms with Crippen LogP contribution >= 0.6 is 11.6 Å². The van der Waals surface area contributed by atoms with Crippen molar-refractivity contribution in [2.75, 3.05) is 64.1 Å². The maximum absolute atomic E-state index is 12.4. The minimum atomic E-state index is -0.212. The lowest BCUT2D eigenvalue weighted by atomic mass is 10.0. The predicted octanol–water partition coefficient (Wildman–Crippen LogP) is 3.52. The van der Waals surface area contributed by atoms with E-state index in [1.54, 1.807) is 24.3 Å². The molecule has 0 aliphatic carbocycles. The van der Waals surface area contributed by atoms with E-state index in [0.29, 0.717) is 11.6 Å². The third-order valence-corrected chi connectivity index (χ3v) is 5.58. The first-order valence-corrected chi connectivity index (χ1v) is 10.3. The Hall–Kier alpha value is -2.28. The second-order valence-corrected chi connectivity index (χ2v) is 8.12. The average Bonchev–Trinajstić information content (AvgIpc) is 2.71. The Morgan fingerprint density at radius 1 is 1.03 bits per heavy atom. The van der Waals surface area contributed by atoms with Crippen LogP contribution in [0.3, 0.4) is 0 Å². The largest absolute Gasteiger partial charge is 0.378 e. The summed E-state index contributed by atoms with van der Waals surface area (Å²) in [5.41, 5.74) is 3.10. The van der Waals surface area contributed by atoms with Crippen LogP contribution in [0.25, 0.3) is 0 Å². The van der Waals surface area contributed by atoms with Crippen molar-refractivity contribution in [3.8, 4) is 0 Å². The molecule has 0 bridgehead atoms. The summed E-state index contributed by atoms with van der Waals surface area (Å²) in [5, 5.41) is 6.56. The Kier molecular flexibility index (Phi) is 7.36. The molecule has 2 amide bonds. The van der Waals surface area contributed by atoms with Crippen molar-refractivity contribution in [1.29, 1.82) is 0 Å². The third kappa shape index (κ3) is 6.10. The summed E-state index contributed by atoms with van der Waals surface area (Å²) in [4.78, 5) is 19.3. The number of hydrogen-bond donors (Lipinski definition) is 2. The molecule has 1 fully saturated rings. The molecule has 0 aromatic heterocycles. The van der Waals surface area contributed by atoms with Crippen LogP contribution in [0.4, 0.5) is 16.2 Å². The second-order valence-electron chi connectivity index (χ2n) is 7.68. The van der Waals surface area contributed by atoms with Crippen LogP contribution in [0.15, 0.2) is 48.5 Å². The highest BCUT2D eigenvalue weighted by Crippen LogP contribution is 2.24. The summed E-state index contributed by atoms with van der Waals surface area (Å²) < 4.78 is 0. The van der Waals surface area contributed by atoms with Crippen LogP contribution in [0.5, 0.6) is 0 Å². The Balaban J connectivity index is 1.67. The number of halogens is 1. The number of rotatable bonds is 6. The van der Waals surface area contributed by atoms with Crippen molar-refractivity contribution < 1.29 is 4.79 Å². The van der Waals surface area contributed by atoms with Gasteiger partial charge in [0, 0.05) is 63.2 Å². The van der Waals surface area contributed by atoms with Crippen LogP contribution in [0, 0.1) is 0 Å². The van der Waals surface area contributed by atoms with E-state index >= 15 is 0 Å². The summed E-state index contributed by atoms with van der Waals surface area (Å²) in [7, 11) is 6.22. The molecular weight excluding hydrogens is 386 g/mol. The molecule has 2 N–H and O–H groups in total. The summed E-state index contributed by atoms with van der Waals surface area (Å²) in [5.74, 6) is 0. The zero-order valence-corrected chi connectivity index (χ0v) is 18.1. The van der Waals surface area contributed by atoms with Crippen molar-refractivity contribution in [3.05, 3.63) is 59.1 Å². The molecule has 0 unspecified atom stereocenters. The van der Waals surface area contributed by atoms with Crippen LogP contribution in [-0.4, -0.2) is 69.7 Å². The topological polar surface area (TPSA) is 50.9 Å². The fraction of sp³-hybridized carbons (Fsp3) is 0.409. The summed E-state index contributed by atoms with van der Waals surface area (Å²) in [6.07, 6.45) is 0. The number of carbonyl (C=O) groups is 1. The van der Waals surface area contributed by atoms with E-state index in [0.717, 1.165) is 31.9 Å². The molecule has 29 heavy (non-hydrogen) atoms. The van der Waals surface area contributed by atoms with E-state index in [2.05, 4.69) is 56.6 Å². The van der Waals surface area contributed by atoms with E-state index in [1.807, 2.05) is 14.1 Å². The number of hydrogen-bond acceptors (Lipinski definition) is 4. The number of nitrogens with one attached hydrogen (secondary N) is 2. The molecule has 1 saturated heterocycles. The molecule has 0 saturated carbocycles. The van der Waals surface area contributed by atoms with Gasteiger partial charge in [-0.1, -0.05) is 23.7 Å². The van der Waals surface area contributed by atoms with Crippen molar-refractivity contribution in [2.45, 2.75) is 6.04 Å². The average molecular weight is 416 g/mol. The maximum atomic E-state index is 12.4. The van der Waals surface area contributed by atoms with Gasteiger partial charge in [-0.2, -0.15) is 0 Å². The van der Waals surface area contributed by atoms with Crippen molar-refractivity contribution in [1.82, 2.24) is 15.1 Å². The molecule has 1 heterocycles. The summed E-state index contributed by atoms with van der Waals surface area (Å²) in [6, 6.07) is 15.6. The van der Waals surface area contributed by atoms with Crippen LogP contribution in [0.1, 0.15) is 11.6 Å². The highest BCUT2D eigenvalue weighted by Gasteiger charge is 2.24. The van der Waals surface area contributed by atoms with Gasteiger partial charge in [0.15, 0.2) is 0 Å². The number of benzene rings is 2. The van der Waals surface area contributed by atoms with Crippen molar-refractivity contribution >= 4 is 29.0 Å². The zero-order chi connectivity index (χ0) is 20.8. The number of anilines is 2. The highest BCUT2D eigenvalue weighted by atomic mass is 35.5. The smallest absolute Gasteiger partial charge is 0.319 e. The minimum absolute atomic E-state index is 0.135. The van der Waals surface area contributed by atoms with Crippen molar-refractivity contribution in [2.24, 2.45) is 0 Å². The molecule has 0 radical (unpaired) electrons. The molecule has 3 rings (SSSR count). The van der Waals surface area contributed by atoms with Crippen LogP contribution in [0.2, 0.25) is 5.02 Å². The maximum Gasteiger partial charge on any atom is 0.319 e. The summed E-state index contributed by atoms with van der Waals surface area (Å²) >= 11 is 5.91. The molecule has 1 aliphatic rings. The van der Waals surface area contributed by atoms with Gasteiger partial charge in [-0.3, -0.25) is 4.90 Å². The van der Waals surface area contributed by atoms with Gasteiger partial charge in [-0.25, -0.2) is 4.79 Å². The lowest BCUT2D eigenvalue weighted by Crippen LogP contribution is -2.48. The van der Waals surface area contributed by atoms with Gasteiger partial charge in [0.1, 0.15) is 0 Å². The van der Waals surface area contributed by atoms with Gasteiger partial charge >= 0.3 is 6.03 Å². The fourth-order valence-electron chi connectivity index (χ4n) is 3.48. The number of urea groups is 1. The molecule has 156 valence electrons. The van der Waals surface area contributed by atoms with E-state index in [4.69, 9.17) is 11.6 Å². The molecule has 1 aliphatic heterocycles. The molecule has 6 nitrogen and oxygen atoms in total. The molecule has 1 atom stereocenters. The summed E-state index contributed by atoms with van der Waals surface area (Å²) in [6.45, 7) is 4.57. The molecular formula is C22H30ClN5O. The van der Waals surface area contributed by atoms with Crippen LogP contribution < -0.4 is 15.5 Å². The number of piperazine rings is 1. The van der Waals surface area contributed by atoms with Gasteiger partial charge in [-0.15, -0.1) is 0 Å². The Labute approximate surface area is 178 Å². The number of nitrogens with zero attached hydrogens (tertiary/aromatic N) is 3. The quantitative estimate of drug-likeness (QED) is 0.758. The fourth-order valence-corrected chi connectivity index (χ4v) is 3.61. The molecule has 7 heteroatoms. The van der Waals surface area contributed by atoms with Gasteiger partial charge < -0.3 is 20.4 Å². The molecule has 2 aromatic carbocycles. The van der Waals surface area contributed by atoms with E-state index in [9.17, 15) is 4.79 Å². The van der Waals surface area contributed by atoms with Crippen molar-refractivity contribution in [3.63, 3.8) is 0 Å². The number of carbonyl (C=O) groups excluding carboxylic acids is 1. The van der Waals surface area contributed by atoms with Gasteiger partial charge in [0.05, 0.1) is 6.04 Å². The number of amides is 2. The monoisotopic (exact) mass is 415 g/mol. The zero-order valence-electron chi connectivity index (χ0n) is 17.4. The first-order chi connectivity index (χ1) is 13.9. The lowest BCUT2D eigenvalue weighted by molar-refractivity contribution is 0.111. The third-order valence-electron chi connectivity index (χ3n) is 5.33. The standard InChI is InChI=1S/C22H30ClN5O/c1-26(2)20-10-4-17(5-11-20)21(28-14-12-27(3)13-15-28)16-24-22(29)25-19-8-6-18(23)7-9-19/h4-11,21H,12-16H2,1-3H3,(H2,24,25,29)/t21-/m1/s1. The normalized spacial score (nSPS) is 16.3. The van der Waals surface area contributed by atoms with Crippen LogP contribution in [-0.2, 0) is 0 Å².